The highest BCUT2D eigenvalue weighted by atomic mass is 16.5. The number of rotatable bonds is 7. The zero-order chi connectivity index (χ0) is 41.6. The van der Waals surface area contributed by atoms with Crippen LogP contribution in [0.25, 0.3) is 33.4 Å². The fourth-order valence-corrected chi connectivity index (χ4v) is 9.41. The Bertz CT molecular complexity index is 2230. The maximum absolute atomic E-state index is 14.2. The van der Waals surface area contributed by atoms with E-state index in [9.17, 15) is 14.4 Å². The molecular formula is C47H61N7O5. The summed E-state index contributed by atoms with van der Waals surface area (Å²) in [6.07, 6.45) is 6.82. The number of cyclic esters (lactones) is 1. The second-order valence-electron chi connectivity index (χ2n) is 18.3. The first kappa shape index (κ1) is 41.1. The van der Waals surface area contributed by atoms with Gasteiger partial charge in [-0.25, -0.2) is 5.43 Å². The highest BCUT2D eigenvalue weighted by Gasteiger charge is 2.42. The monoisotopic (exact) mass is 803 g/mol. The zero-order valence-corrected chi connectivity index (χ0v) is 35.8. The Morgan fingerprint density at radius 2 is 1.88 bits per heavy atom. The highest BCUT2D eigenvalue weighted by molar-refractivity contribution is 5.95. The van der Waals surface area contributed by atoms with Crippen molar-refractivity contribution in [3.63, 3.8) is 0 Å². The second kappa shape index (κ2) is 16.8. The summed E-state index contributed by atoms with van der Waals surface area (Å²) in [5.41, 5.74) is 11.8. The molecule has 6 bridgehead atoms. The SMILES string of the molecule is CCn1c(-c2cc(C3CCN(C)CC3)cnc2[C@H](C)OC)c2c3cc(ccc31)-c1cccc(n1)C[C@H](NC(=O)[C@H]1C[C@@H]1C)C(=O)N1CCC[C@H](N1)C(=O)OCC(C)(C)C2. The van der Waals surface area contributed by atoms with Crippen LogP contribution in [-0.4, -0.2) is 94.7 Å². The van der Waals surface area contributed by atoms with E-state index >= 15 is 0 Å². The number of piperidine rings is 1. The van der Waals surface area contributed by atoms with Gasteiger partial charge in [-0.05, 0) is 126 Å². The molecule has 0 spiro atoms. The van der Waals surface area contributed by atoms with Crippen LogP contribution in [0.2, 0.25) is 0 Å². The quantitative estimate of drug-likeness (QED) is 0.199. The Hall–Kier alpha value is -4.65. The standard InChI is InChI=1S/C47H61N7O5/c1-8-53-41-15-14-31-22-35(41)37(43(53)36-23-32(26-48-42(36)29(3)58-7)30-16-19-52(6)20-17-30)25-47(4,5)27-59-46(57)39-13-10-18-54(51-39)45(56)40(50-44(55)34-21-28(34)2)24-33-11-9-12-38(31)49-33/h9,11-12,14-15,22-23,26,28-30,34,39-40,51H,8,10,13,16-21,24-25,27H2,1-7H3,(H,50,55)/t28-,29-,34-,39-,40-/m0/s1. The molecule has 5 atom stereocenters. The second-order valence-corrected chi connectivity index (χ2v) is 18.3. The van der Waals surface area contributed by atoms with Crippen molar-refractivity contribution in [2.24, 2.45) is 17.3 Å². The van der Waals surface area contributed by atoms with Crippen LogP contribution in [0.15, 0.2) is 48.7 Å². The average molecular weight is 804 g/mol. The first-order valence-electron chi connectivity index (χ1n) is 21.7. The maximum atomic E-state index is 14.2. The average Bonchev–Trinajstić information content (AvgIpc) is 3.91. The number of aromatic nitrogens is 3. The zero-order valence-electron chi connectivity index (χ0n) is 35.8. The summed E-state index contributed by atoms with van der Waals surface area (Å²) in [5.74, 6) is -0.173. The lowest BCUT2D eigenvalue weighted by Gasteiger charge is -2.35. The summed E-state index contributed by atoms with van der Waals surface area (Å²) < 4.78 is 14.5. The molecule has 4 aliphatic rings. The van der Waals surface area contributed by atoms with Gasteiger partial charge >= 0.3 is 5.97 Å². The van der Waals surface area contributed by atoms with Crippen LogP contribution in [-0.2, 0) is 43.2 Å². The Labute approximate surface area is 348 Å². The van der Waals surface area contributed by atoms with Gasteiger partial charge in [0.2, 0.25) is 5.91 Å². The van der Waals surface area contributed by atoms with E-state index in [1.54, 1.807) is 7.11 Å². The van der Waals surface area contributed by atoms with Gasteiger partial charge in [-0.2, -0.15) is 0 Å². The third kappa shape index (κ3) is 8.54. The number of carbonyl (C=O) groups is 3. The Balaban J connectivity index is 1.28. The first-order valence-corrected chi connectivity index (χ1v) is 21.7. The van der Waals surface area contributed by atoms with E-state index in [1.165, 1.54) is 16.1 Å². The topological polar surface area (TPSA) is 131 Å². The van der Waals surface area contributed by atoms with E-state index in [0.717, 1.165) is 78.0 Å². The van der Waals surface area contributed by atoms with Crippen LogP contribution >= 0.6 is 0 Å². The number of ether oxygens (including phenoxy) is 2. The van der Waals surface area contributed by atoms with Gasteiger partial charge in [-0.15, -0.1) is 0 Å². The molecule has 2 saturated heterocycles. The van der Waals surface area contributed by atoms with Crippen LogP contribution in [0.4, 0.5) is 0 Å². The van der Waals surface area contributed by atoms with Crippen molar-refractivity contribution in [2.45, 2.75) is 110 Å². The Kier molecular flexibility index (Phi) is 11.7. The summed E-state index contributed by atoms with van der Waals surface area (Å²) in [6, 6.07) is 13.3. The van der Waals surface area contributed by atoms with Gasteiger partial charge in [0, 0.05) is 71.9 Å². The van der Waals surface area contributed by atoms with Crippen LogP contribution in [0.3, 0.4) is 0 Å². The summed E-state index contributed by atoms with van der Waals surface area (Å²) >= 11 is 0. The molecule has 12 nitrogen and oxygen atoms in total. The van der Waals surface area contributed by atoms with Gasteiger partial charge in [0.1, 0.15) is 12.1 Å². The lowest BCUT2D eigenvalue weighted by Crippen LogP contribution is -2.60. The van der Waals surface area contributed by atoms with Gasteiger partial charge in [-0.3, -0.25) is 29.4 Å². The fourth-order valence-electron chi connectivity index (χ4n) is 9.41. The predicted octanol–water partition coefficient (Wildman–Crippen LogP) is 6.61. The van der Waals surface area contributed by atoms with Gasteiger partial charge in [0.05, 0.1) is 29.8 Å². The molecule has 4 aromatic rings. The number of nitrogens with zero attached hydrogens (tertiary/aromatic N) is 5. The number of nitrogens with one attached hydrogen (secondary N) is 2. The van der Waals surface area contributed by atoms with Gasteiger partial charge in [0.25, 0.3) is 5.91 Å². The molecule has 1 saturated carbocycles. The number of aryl methyl sites for hydroxylation is 1. The molecule has 2 N–H and O–H groups in total. The third-order valence-electron chi connectivity index (χ3n) is 13.2. The fraction of sp³-hybridized carbons (Fsp3) is 0.553. The number of esters is 1. The van der Waals surface area contributed by atoms with Gasteiger partial charge in [-0.1, -0.05) is 32.9 Å². The van der Waals surface area contributed by atoms with Crippen LogP contribution in [0.1, 0.15) is 101 Å². The number of likely N-dealkylation sites (tertiary alicyclic amines) is 1. The number of methoxy groups -OCH3 is 1. The number of fused-ring (bicyclic) bond motifs is 6. The largest absolute Gasteiger partial charge is 0.464 e. The molecule has 3 aliphatic heterocycles. The molecular weight excluding hydrogens is 743 g/mol. The summed E-state index contributed by atoms with van der Waals surface area (Å²) in [6.45, 7) is 14.1. The number of benzene rings is 1. The predicted molar refractivity (Wildman–Crippen MR) is 228 cm³/mol. The first-order chi connectivity index (χ1) is 28.3. The third-order valence-corrected chi connectivity index (χ3v) is 13.2. The lowest BCUT2D eigenvalue weighted by molar-refractivity contribution is -0.155. The lowest BCUT2D eigenvalue weighted by atomic mass is 9.83. The minimum atomic E-state index is -0.851. The molecule has 8 rings (SSSR count). The van der Waals surface area contributed by atoms with Crippen molar-refractivity contribution in [3.8, 4) is 22.5 Å². The van der Waals surface area contributed by atoms with Gasteiger partial charge < -0.3 is 24.3 Å². The van der Waals surface area contributed by atoms with E-state index in [4.69, 9.17) is 19.4 Å². The number of amides is 2. The molecule has 0 unspecified atom stereocenters. The number of pyridine rings is 2. The molecule has 12 heteroatoms. The Morgan fingerprint density at radius 3 is 2.61 bits per heavy atom. The van der Waals surface area contributed by atoms with Gasteiger partial charge in [0.15, 0.2) is 0 Å². The van der Waals surface area contributed by atoms with E-state index in [-0.39, 0.29) is 42.8 Å². The maximum Gasteiger partial charge on any atom is 0.324 e. The van der Waals surface area contributed by atoms with Crippen molar-refractivity contribution in [3.05, 3.63) is 71.2 Å². The minimum Gasteiger partial charge on any atom is -0.464 e. The van der Waals surface area contributed by atoms with E-state index in [0.29, 0.717) is 43.3 Å². The normalized spacial score (nSPS) is 24.7. The van der Waals surface area contributed by atoms with Crippen molar-refractivity contribution in [1.82, 2.24) is 35.2 Å². The smallest absolute Gasteiger partial charge is 0.324 e. The van der Waals surface area contributed by atoms with E-state index in [1.807, 2.05) is 25.1 Å². The van der Waals surface area contributed by atoms with E-state index in [2.05, 4.69) is 85.4 Å². The number of hydrogen-bond donors (Lipinski definition) is 2. The minimum absolute atomic E-state index is 0.0990. The summed E-state index contributed by atoms with van der Waals surface area (Å²) in [4.78, 5) is 54.0. The molecule has 314 valence electrons. The van der Waals surface area contributed by atoms with Crippen molar-refractivity contribution >= 4 is 28.7 Å². The highest BCUT2D eigenvalue weighted by Crippen LogP contribution is 2.43. The van der Waals surface area contributed by atoms with Crippen LogP contribution in [0, 0.1) is 17.3 Å². The summed E-state index contributed by atoms with van der Waals surface area (Å²) in [5, 5.41) is 5.67. The van der Waals surface area contributed by atoms with Crippen molar-refractivity contribution in [2.75, 3.05) is 40.4 Å². The van der Waals surface area contributed by atoms with Crippen LogP contribution < -0.4 is 10.7 Å². The molecule has 2 amide bonds. The number of carbonyl (C=O) groups excluding carboxylic acids is 3. The number of hydrazine groups is 1. The van der Waals surface area contributed by atoms with Crippen molar-refractivity contribution < 1.29 is 23.9 Å². The molecule has 59 heavy (non-hydrogen) atoms. The molecule has 3 fully saturated rings. The molecule has 6 heterocycles. The van der Waals surface area contributed by atoms with Crippen LogP contribution in [0.5, 0.6) is 0 Å². The molecule has 3 aromatic heterocycles. The molecule has 1 aromatic carbocycles. The molecule has 1 aliphatic carbocycles. The van der Waals surface area contributed by atoms with E-state index < -0.39 is 17.5 Å². The Morgan fingerprint density at radius 1 is 1.10 bits per heavy atom. The summed E-state index contributed by atoms with van der Waals surface area (Å²) in [7, 11) is 3.93. The number of hydrogen-bond acceptors (Lipinski definition) is 9. The molecule has 0 radical (unpaired) electrons. The van der Waals surface area contributed by atoms with Crippen molar-refractivity contribution in [1.29, 1.82) is 0 Å².